The quantitative estimate of drug-likeness (QED) is 0.802. The zero-order valence-electron chi connectivity index (χ0n) is 15.2. The molecule has 1 aromatic heterocycles. The van der Waals surface area contributed by atoms with Crippen molar-refractivity contribution in [2.45, 2.75) is 57.9 Å². The maximum atomic E-state index is 12.6. The molecule has 2 aromatic rings. The molecule has 0 spiro atoms. The van der Waals surface area contributed by atoms with E-state index in [-0.39, 0.29) is 24.3 Å². The molecular weight excluding hydrogens is 346 g/mol. The number of thiazole rings is 1. The van der Waals surface area contributed by atoms with Crippen molar-refractivity contribution in [1.29, 1.82) is 0 Å². The average Bonchev–Trinajstić information content (AvgIpc) is 3.27. The molecule has 0 atom stereocenters. The Hall–Kier alpha value is -2.21. The number of benzene rings is 1. The van der Waals surface area contributed by atoms with Crippen LogP contribution in [0.25, 0.3) is 0 Å². The fourth-order valence-corrected chi connectivity index (χ4v) is 3.99. The van der Waals surface area contributed by atoms with Gasteiger partial charge >= 0.3 is 0 Å². The van der Waals surface area contributed by atoms with E-state index in [9.17, 15) is 9.59 Å². The van der Waals surface area contributed by atoms with Gasteiger partial charge in [0.15, 0.2) is 0 Å². The van der Waals surface area contributed by atoms with E-state index >= 15 is 0 Å². The lowest BCUT2D eigenvalue weighted by atomic mass is 10.1. The largest absolute Gasteiger partial charge is 0.349 e. The summed E-state index contributed by atoms with van der Waals surface area (Å²) in [6.45, 7) is 4.17. The van der Waals surface area contributed by atoms with Crippen molar-refractivity contribution >= 4 is 28.8 Å². The highest BCUT2D eigenvalue weighted by Gasteiger charge is 2.20. The summed E-state index contributed by atoms with van der Waals surface area (Å²) in [4.78, 5) is 29.5. The number of carbonyl (C=O) groups is 2. The van der Waals surface area contributed by atoms with Gasteiger partial charge in [-0.3, -0.25) is 9.59 Å². The predicted molar refractivity (Wildman–Crippen MR) is 105 cm³/mol. The Morgan fingerprint density at radius 2 is 1.96 bits per heavy atom. The Kier molecular flexibility index (Phi) is 6.04. The van der Waals surface area contributed by atoms with Crippen LogP contribution in [0, 0.1) is 0 Å². The van der Waals surface area contributed by atoms with Gasteiger partial charge in [0, 0.05) is 17.3 Å². The van der Waals surface area contributed by atoms with Crippen LogP contribution in [0.5, 0.6) is 0 Å². The first kappa shape index (κ1) is 18.6. The number of nitrogens with zero attached hydrogens (tertiary/aromatic N) is 1. The molecule has 1 heterocycles. The molecule has 0 unspecified atom stereocenters. The topological polar surface area (TPSA) is 71.1 Å². The fourth-order valence-electron chi connectivity index (χ4n) is 3.15. The van der Waals surface area contributed by atoms with E-state index in [0.717, 1.165) is 36.4 Å². The maximum absolute atomic E-state index is 12.6. The highest BCUT2D eigenvalue weighted by molar-refractivity contribution is 7.09. The lowest BCUT2D eigenvalue weighted by Gasteiger charge is -2.15. The molecule has 0 radical (unpaired) electrons. The summed E-state index contributed by atoms with van der Waals surface area (Å²) < 4.78 is 0. The van der Waals surface area contributed by atoms with Gasteiger partial charge in [-0.2, -0.15) is 0 Å². The summed E-state index contributed by atoms with van der Waals surface area (Å²) in [6.07, 6.45) is 4.59. The van der Waals surface area contributed by atoms with E-state index in [2.05, 4.69) is 29.5 Å². The normalized spacial score (nSPS) is 14.6. The molecule has 1 aliphatic carbocycles. The van der Waals surface area contributed by atoms with Gasteiger partial charge < -0.3 is 10.6 Å². The molecule has 1 fully saturated rings. The molecule has 3 rings (SSSR count). The predicted octanol–water partition coefficient (Wildman–Crippen LogP) is 4.12. The number of hydrogen-bond acceptors (Lipinski definition) is 4. The first-order valence-corrected chi connectivity index (χ1v) is 10.0. The first-order valence-electron chi connectivity index (χ1n) is 9.17. The van der Waals surface area contributed by atoms with Crippen LogP contribution < -0.4 is 10.6 Å². The molecule has 1 saturated carbocycles. The Bertz CT molecular complexity index is 779. The van der Waals surface area contributed by atoms with Gasteiger partial charge in [-0.1, -0.05) is 38.8 Å². The highest BCUT2D eigenvalue weighted by atomic mass is 32.1. The van der Waals surface area contributed by atoms with Crippen LogP contribution in [-0.4, -0.2) is 22.8 Å². The van der Waals surface area contributed by atoms with Crippen molar-refractivity contribution in [1.82, 2.24) is 10.3 Å². The van der Waals surface area contributed by atoms with Gasteiger partial charge in [0.25, 0.3) is 5.91 Å². The number of amides is 2. The van der Waals surface area contributed by atoms with Gasteiger partial charge in [-0.25, -0.2) is 4.98 Å². The van der Waals surface area contributed by atoms with E-state index in [1.807, 2.05) is 17.5 Å². The Morgan fingerprint density at radius 3 is 2.65 bits per heavy atom. The van der Waals surface area contributed by atoms with E-state index in [1.54, 1.807) is 23.5 Å². The van der Waals surface area contributed by atoms with Crippen LogP contribution in [0.4, 0.5) is 5.69 Å². The third kappa shape index (κ3) is 4.69. The zero-order valence-corrected chi connectivity index (χ0v) is 16.1. The van der Waals surface area contributed by atoms with Crippen molar-refractivity contribution in [3.05, 3.63) is 45.9 Å². The van der Waals surface area contributed by atoms with E-state index in [0.29, 0.717) is 17.2 Å². The molecule has 6 heteroatoms. The smallest absolute Gasteiger partial charge is 0.253 e. The first-order chi connectivity index (χ1) is 12.5. The van der Waals surface area contributed by atoms with Crippen LogP contribution >= 0.6 is 11.3 Å². The van der Waals surface area contributed by atoms with Crippen molar-refractivity contribution in [3.8, 4) is 0 Å². The number of carbonyl (C=O) groups excluding carboxylic acids is 2. The molecule has 26 heavy (non-hydrogen) atoms. The molecule has 2 N–H and O–H groups in total. The summed E-state index contributed by atoms with van der Waals surface area (Å²) in [6, 6.07) is 7.40. The van der Waals surface area contributed by atoms with Crippen molar-refractivity contribution in [2.75, 3.05) is 5.32 Å². The molecular formula is C20H25N3O2S. The third-order valence-electron chi connectivity index (χ3n) is 4.54. The van der Waals surface area contributed by atoms with Crippen LogP contribution in [0.1, 0.15) is 66.5 Å². The summed E-state index contributed by atoms with van der Waals surface area (Å²) in [5.74, 6) is 0.0760. The zero-order chi connectivity index (χ0) is 18.5. The Morgan fingerprint density at radius 1 is 1.23 bits per heavy atom. The summed E-state index contributed by atoms with van der Waals surface area (Å²) >= 11 is 1.58. The van der Waals surface area contributed by atoms with Crippen LogP contribution in [0.3, 0.4) is 0 Å². The average molecular weight is 372 g/mol. The van der Waals surface area contributed by atoms with Crippen LogP contribution in [0.2, 0.25) is 0 Å². The minimum Gasteiger partial charge on any atom is -0.349 e. The summed E-state index contributed by atoms with van der Waals surface area (Å²) in [7, 11) is 0. The molecule has 0 aliphatic heterocycles. The lowest BCUT2D eigenvalue weighted by molar-refractivity contribution is -0.115. The monoisotopic (exact) mass is 371 g/mol. The molecule has 1 aromatic carbocycles. The van der Waals surface area contributed by atoms with Crippen molar-refractivity contribution in [2.24, 2.45) is 0 Å². The fraction of sp³-hybridized carbons (Fsp3) is 0.450. The van der Waals surface area contributed by atoms with Crippen LogP contribution in [0.15, 0.2) is 29.6 Å². The SMILES string of the molecule is CC(C)c1nc(CC(=O)Nc2ccccc2C(=O)NC2CCCC2)cs1. The molecule has 2 amide bonds. The van der Waals surface area contributed by atoms with Crippen molar-refractivity contribution in [3.63, 3.8) is 0 Å². The number of nitrogens with one attached hydrogen (secondary N) is 2. The standard InChI is InChI=1S/C20H25N3O2S/c1-13(2)20-22-15(12-26-20)11-18(24)23-17-10-6-5-9-16(17)19(25)21-14-7-3-4-8-14/h5-6,9-10,12-14H,3-4,7-8,11H2,1-2H3,(H,21,25)(H,23,24). The number of anilines is 1. The van der Waals surface area contributed by atoms with Gasteiger partial charge in [-0.15, -0.1) is 11.3 Å². The number of rotatable bonds is 6. The second-order valence-corrected chi connectivity index (χ2v) is 7.95. The second kappa shape index (κ2) is 8.45. The molecule has 0 bridgehead atoms. The number of aromatic nitrogens is 1. The summed E-state index contributed by atoms with van der Waals surface area (Å²) in [5, 5.41) is 8.90. The maximum Gasteiger partial charge on any atom is 0.253 e. The Labute approximate surface area is 158 Å². The van der Waals surface area contributed by atoms with Gasteiger partial charge in [0.05, 0.1) is 28.4 Å². The van der Waals surface area contributed by atoms with Gasteiger partial charge in [0.2, 0.25) is 5.91 Å². The molecule has 138 valence electrons. The van der Waals surface area contributed by atoms with Crippen LogP contribution in [-0.2, 0) is 11.2 Å². The summed E-state index contributed by atoms with van der Waals surface area (Å²) in [5.41, 5.74) is 1.82. The molecule has 1 aliphatic rings. The molecule has 0 saturated heterocycles. The van der Waals surface area contributed by atoms with Crippen molar-refractivity contribution < 1.29 is 9.59 Å². The minimum absolute atomic E-state index is 0.122. The highest BCUT2D eigenvalue weighted by Crippen LogP contribution is 2.22. The number of hydrogen-bond donors (Lipinski definition) is 2. The third-order valence-corrected chi connectivity index (χ3v) is 5.74. The van der Waals surface area contributed by atoms with Gasteiger partial charge in [0.1, 0.15) is 0 Å². The Balaban J connectivity index is 1.65. The second-order valence-electron chi connectivity index (χ2n) is 7.06. The minimum atomic E-state index is -0.160. The lowest BCUT2D eigenvalue weighted by Crippen LogP contribution is -2.33. The van der Waals surface area contributed by atoms with E-state index in [4.69, 9.17) is 0 Å². The van der Waals surface area contributed by atoms with E-state index in [1.165, 1.54) is 0 Å². The molecule has 5 nitrogen and oxygen atoms in total. The van der Waals surface area contributed by atoms with E-state index < -0.39 is 0 Å². The number of para-hydroxylation sites is 1. The van der Waals surface area contributed by atoms with Gasteiger partial charge in [-0.05, 0) is 25.0 Å².